The van der Waals surface area contributed by atoms with Gasteiger partial charge in [-0.3, -0.25) is 4.79 Å². The van der Waals surface area contributed by atoms with E-state index in [4.69, 9.17) is 9.47 Å². The van der Waals surface area contributed by atoms with Crippen molar-refractivity contribution < 1.29 is 14.3 Å². The van der Waals surface area contributed by atoms with E-state index >= 15 is 0 Å². The SMILES string of the molecule is CCNc1nc(NCC)n2c(SCC(=O)NCCOCCOC)nnc2n1. The van der Waals surface area contributed by atoms with Crippen LogP contribution in [-0.2, 0) is 14.3 Å². The zero-order chi connectivity index (χ0) is 19.5. The molecule has 2 rings (SSSR count). The Morgan fingerprint density at radius 3 is 2.67 bits per heavy atom. The van der Waals surface area contributed by atoms with Crippen molar-refractivity contribution >= 4 is 35.3 Å². The number of rotatable bonds is 13. The fourth-order valence-corrected chi connectivity index (χ4v) is 2.84. The third-order valence-electron chi connectivity index (χ3n) is 3.25. The van der Waals surface area contributed by atoms with Gasteiger partial charge in [-0.05, 0) is 13.8 Å². The molecule has 150 valence electrons. The quantitative estimate of drug-likeness (QED) is 0.319. The summed E-state index contributed by atoms with van der Waals surface area (Å²) in [7, 11) is 1.62. The van der Waals surface area contributed by atoms with E-state index in [-0.39, 0.29) is 11.7 Å². The monoisotopic (exact) mass is 398 g/mol. The van der Waals surface area contributed by atoms with Crippen molar-refractivity contribution in [3.8, 4) is 0 Å². The highest BCUT2D eigenvalue weighted by Crippen LogP contribution is 2.20. The first-order valence-corrected chi connectivity index (χ1v) is 9.75. The number of ether oxygens (including phenoxy) is 2. The van der Waals surface area contributed by atoms with E-state index in [1.807, 2.05) is 13.8 Å². The number of hydrogen-bond donors (Lipinski definition) is 3. The Bertz CT molecular complexity index is 726. The minimum absolute atomic E-state index is 0.109. The first-order chi connectivity index (χ1) is 13.2. The standard InChI is InChI=1S/C15H26N8O3S/c1-4-16-12-19-13(17-5-2)23-14(20-12)21-22-15(23)27-10-11(24)18-6-7-26-9-8-25-3/h4-10H2,1-3H3,(H,18,24)(H2,16,17,19,20,21). The minimum atomic E-state index is -0.109. The number of methoxy groups -OCH3 is 1. The average Bonchev–Trinajstić information content (AvgIpc) is 3.06. The number of aromatic nitrogens is 5. The maximum atomic E-state index is 12.0. The Kier molecular flexibility index (Phi) is 9.01. The fourth-order valence-electron chi connectivity index (χ4n) is 2.09. The van der Waals surface area contributed by atoms with Crippen LogP contribution < -0.4 is 16.0 Å². The summed E-state index contributed by atoms with van der Waals surface area (Å²) in [4.78, 5) is 20.7. The highest BCUT2D eigenvalue weighted by molar-refractivity contribution is 7.99. The first kappa shape index (κ1) is 21.1. The van der Waals surface area contributed by atoms with Crippen LogP contribution >= 0.6 is 11.8 Å². The van der Waals surface area contributed by atoms with Gasteiger partial charge in [0.2, 0.25) is 17.8 Å². The molecular formula is C15H26N8O3S. The molecule has 0 bridgehead atoms. The van der Waals surface area contributed by atoms with E-state index in [1.165, 1.54) is 11.8 Å². The van der Waals surface area contributed by atoms with Crippen LogP contribution in [0.4, 0.5) is 11.9 Å². The molecule has 0 aliphatic rings. The van der Waals surface area contributed by atoms with Crippen LogP contribution in [-0.4, -0.2) is 82.8 Å². The number of fused-ring (bicyclic) bond motifs is 1. The average molecular weight is 398 g/mol. The lowest BCUT2D eigenvalue weighted by Gasteiger charge is -2.09. The number of carbonyl (C=O) groups excluding carboxylic acids is 1. The van der Waals surface area contributed by atoms with Crippen molar-refractivity contribution in [2.24, 2.45) is 0 Å². The summed E-state index contributed by atoms with van der Waals surface area (Å²) in [5.41, 5.74) is 0. The van der Waals surface area contributed by atoms with Gasteiger partial charge < -0.3 is 25.4 Å². The van der Waals surface area contributed by atoms with E-state index in [0.717, 1.165) is 0 Å². The maximum absolute atomic E-state index is 12.0. The highest BCUT2D eigenvalue weighted by Gasteiger charge is 2.15. The molecular weight excluding hydrogens is 372 g/mol. The molecule has 0 saturated heterocycles. The summed E-state index contributed by atoms with van der Waals surface area (Å²) >= 11 is 1.27. The number of hydrogen-bond acceptors (Lipinski definition) is 10. The van der Waals surface area contributed by atoms with Gasteiger partial charge in [-0.25, -0.2) is 4.40 Å². The zero-order valence-corrected chi connectivity index (χ0v) is 16.6. The van der Waals surface area contributed by atoms with Crippen molar-refractivity contribution in [3.05, 3.63) is 0 Å². The zero-order valence-electron chi connectivity index (χ0n) is 15.8. The third kappa shape index (κ3) is 6.48. The van der Waals surface area contributed by atoms with Gasteiger partial charge in [0.25, 0.3) is 5.78 Å². The number of thioether (sulfide) groups is 1. The number of nitrogens with one attached hydrogen (secondary N) is 3. The molecule has 0 aliphatic heterocycles. The normalized spacial score (nSPS) is 10.9. The minimum Gasteiger partial charge on any atom is -0.382 e. The lowest BCUT2D eigenvalue weighted by Crippen LogP contribution is -2.29. The molecule has 2 aromatic heterocycles. The van der Waals surface area contributed by atoms with Gasteiger partial charge in [-0.2, -0.15) is 9.97 Å². The highest BCUT2D eigenvalue weighted by atomic mass is 32.2. The fraction of sp³-hybridized carbons (Fsp3) is 0.667. The third-order valence-corrected chi connectivity index (χ3v) is 4.18. The van der Waals surface area contributed by atoms with Crippen molar-refractivity contribution in [1.82, 2.24) is 29.9 Å². The molecule has 12 heteroatoms. The second-order valence-corrected chi connectivity index (χ2v) is 6.24. The smallest absolute Gasteiger partial charge is 0.261 e. The maximum Gasteiger partial charge on any atom is 0.261 e. The topological polar surface area (TPSA) is 128 Å². The van der Waals surface area contributed by atoms with Crippen LogP contribution in [0.3, 0.4) is 0 Å². The van der Waals surface area contributed by atoms with Gasteiger partial charge in [-0.15, -0.1) is 10.2 Å². The molecule has 0 unspecified atom stereocenters. The molecule has 0 fully saturated rings. The van der Waals surface area contributed by atoms with Crippen molar-refractivity contribution in [1.29, 1.82) is 0 Å². The van der Waals surface area contributed by atoms with Crippen LogP contribution in [0.15, 0.2) is 5.16 Å². The molecule has 1 amide bonds. The molecule has 0 spiro atoms. The summed E-state index contributed by atoms with van der Waals surface area (Å²) in [5.74, 6) is 1.59. The summed E-state index contributed by atoms with van der Waals surface area (Å²) in [5, 5.41) is 17.8. The van der Waals surface area contributed by atoms with Crippen LogP contribution in [0, 0.1) is 0 Å². The lowest BCUT2D eigenvalue weighted by atomic mass is 10.6. The number of amides is 1. The summed E-state index contributed by atoms with van der Waals surface area (Å²) < 4.78 is 11.9. The predicted molar refractivity (Wildman–Crippen MR) is 103 cm³/mol. The van der Waals surface area contributed by atoms with Crippen molar-refractivity contribution in [2.45, 2.75) is 19.0 Å². The molecule has 0 radical (unpaired) electrons. The molecule has 0 atom stereocenters. The van der Waals surface area contributed by atoms with Gasteiger partial charge in [0.1, 0.15) is 0 Å². The van der Waals surface area contributed by atoms with E-state index < -0.39 is 0 Å². The molecule has 2 aromatic rings. The van der Waals surface area contributed by atoms with Gasteiger partial charge in [0.05, 0.1) is 25.6 Å². The Morgan fingerprint density at radius 1 is 1.11 bits per heavy atom. The van der Waals surface area contributed by atoms with E-state index in [1.54, 1.807) is 11.5 Å². The molecule has 2 heterocycles. The second-order valence-electron chi connectivity index (χ2n) is 5.29. The molecule has 27 heavy (non-hydrogen) atoms. The van der Waals surface area contributed by atoms with E-state index in [0.29, 0.717) is 62.3 Å². The number of anilines is 2. The summed E-state index contributed by atoms with van der Waals surface area (Å²) in [6.07, 6.45) is 0. The number of carbonyl (C=O) groups is 1. The molecule has 3 N–H and O–H groups in total. The summed E-state index contributed by atoms with van der Waals surface area (Å²) in [6.45, 7) is 7.26. The lowest BCUT2D eigenvalue weighted by molar-refractivity contribution is -0.118. The Labute approximate surface area is 162 Å². The van der Waals surface area contributed by atoms with Crippen LogP contribution in [0.25, 0.3) is 5.78 Å². The van der Waals surface area contributed by atoms with E-state index in [2.05, 4.69) is 36.1 Å². The molecule has 0 aromatic carbocycles. The van der Waals surface area contributed by atoms with Crippen molar-refractivity contribution in [2.75, 3.05) is 63.0 Å². The Balaban J connectivity index is 1.93. The second kappa shape index (κ2) is 11.5. The predicted octanol–water partition coefficient (Wildman–Crippen LogP) is 0.254. The van der Waals surface area contributed by atoms with Crippen LogP contribution in [0.5, 0.6) is 0 Å². The van der Waals surface area contributed by atoms with Gasteiger partial charge in [0.15, 0.2) is 5.16 Å². The first-order valence-electron chi connectivity index (χ1n) is 8.76. The molecule has 0 aliphatic carbocycles. The van der Waals surface area contributed by atoms with Gasteiger partial charge in [-0.1, -0.05) is 11.8 Å². The van der Waals surface area contributed by atoms with Gasteiger partial charge >= 0.3 is 0 Å². The molecule has 0 saturated carbocycles. The largest absolute Gasteiger partial charge is 0.382 e. The van der Waals surface area contributed by atoms with Crippen LogP contribution in [0.2, 0.25) is 0 Å². The number of nitrogens with zero attached hydrogens (tertiary/aromatic N) is 5. The van der Waals surface area contributed by atoms with Crippen molar-refractivity contribution in [3.63, 3.8) is 0 Å². The van der Waals surface area contributed by atoms with E-state index in [9.17, 15) is 4.79 Å². The van der Waals surface area contributed by atoms with Crippen LogP contribution in [0.1, 0.15) is 13.8 Å². The van der Waals surface area contributed by atoms with Gasteiger partial charge in [0, 0.05) is 26.7 Å². The summed E-state index contributed by atoms with van der Waals surface area (Å²) in [6, 6.07) is 0. The Morgan fingerprint density at radius 2 is 1.93 bits per heavy atom. The Hall–Kier alpha value is -2.18. The molecule has 11 nitrogen and oxygen atoms in total.